The number of hydrogen-bond acceptors (Lipinski definition) is 3. The Labute approximate surface area is 80.8 Å². The van der Waals surface area contributed by atoms with Crippen molar-refractivity contribution in [2.75, 3.05) is 27.4 Å². The molecule has 0 aromatic heterocycles. The van der Waals surface area contributed by atoms with Crippen LogP contribution in [0.1, 0.15) is 32.1 Å². The second-order valence-electron chi connectivity index (χ2n) is 3.68. The predicted molar refractivity (Wildman–Crippen MR) is 52.7 cm³/mol. The summed E-state index contributed by atoms with van der Waals surface area (Å²) in [4.78, 5) is 0. The van der Waals surface area contributed by atoms with Crippen molar-refractivity contribution < 1.29 is 9.47 Å². The van der Waals surface area contributed by atoms with Gasteiger partial charge in [-0.15, -0.1) is 0 Å². The fourth-order valence-corrected chi connectivity index (χ4v) is 1.96. The van der Waals surface area contributed by atoms with Gasteiger partial charge in [-0.25, -0.2) is 0 Å². The van der Waals surface area contributed by atoms with E-state index in [1.54, 1.807) is 14.2 Å². The van der Waals surface area contributed by atoms with Crippen molar-refractivity contribution in [1.29, 1.82) is 0 Å². The first-order valence-corrected chi connectivity index (χ1v) is 5.12. The Balaban J connectivity index is 2.29. The minimum absolute atomic E-state index is 0.0587. The number of hydrogen-bond donors (Lipinski definition) is 1. The van der Waals surface area contributed by atoms with Crippen LogP contribution in [0.2, 0.25) is 0 Å². The summed E-state index contributed by atoms with van der Waals surface area (Å²) in [6.07, 6.45) is 6.15. The summed E-state index contributed by atoms with van der Waals surface area (Å²) < 4.78 is 10.6. The molecule has 0 saturated heterocycles. The molecule has 3 nitrogen and oxygen atoms in total. The van der Waals surface area contributed by atoms with Gasteiger partial charge in [-0.3, -0.25) is 5.32 Å². The molecule has 0 atom stereocenters. The van der Waals surface area contributed by atoms with E-state index in [-0.39, 0.29) is 5.72 Å². The fourth-order valence-electron chi connectivity index (χ4n) is 1.96. The number of nitrogens with one attached hydrogen (secondary N) is 1. The van der Waals surface area contributed by atoms with Crippen molar-refractivity contribution in [3.05, 3.63) is 0 Å². The molecule has 0 aromatic rings. The first-order chi connectivity index (χ1) is 6.33. The summed E-state index contributed by atoms with van der Waals surface area (Å²) in [6.45, 7) is 1.63. The monoisotopic (exact) mass is 187 g/mol. The molecule has 0 heterocycles. The van der Waals surface area contributed by atoms with Gasteiger partial charge in [0.1, 0.15) is 5.72 Å². The van der Waals surface area contributed by atoms with E-state index in [9.17, 15) is 0 Å². The van der Waals surface area contributed by atoms with Crippen LogP contribution in [0.3, 0.4) is 0 Å². The van der Waals surface area contributed by atoms with E-state index in [0.717, 1.165) is 26.0 Å². The van der Waals surface area contributed by atoms with E-state index in [1.165, 1.54) is 19.3 Å². The lowest BCUT2D eigenvalue weighted by atomic mass is 9.91. The Hall–Kier alpha value is -0.120. The zero-order valence-corrected chi connectivity index (χ0v) is 8.77. The first-order valence-electron chi connectivity index (χ1n) is 5.12. The normalized spacial score (nSPS) is 21.7. The summed E-state index contributed by atoms with van der Waals surface area (Å²) in [5.41, 5.74) is -0.0587. The third kappa shape index (κ3) is 3.25. The van der Waals surface area contributed by atoms with Gasteiger partial charge >= 0.3 is 0 Å². The maximum absolute atomic E-state index is 5.56. The largest absolute Gasteiger partial charge is 0.383 e. The SMILES string of the molecule is COCCNC1(OC)CCCCC1. The maximum Gasteiger partial charge on any atom is 0.118 e. The van der Waals surface area contributed by atoms with E-state index in [2.05, 4.69) is 5.32 Å². The van der Waals surface area contributed by atoms with Crippen molar-refractivity contribution in [3.8, 4) is 0 Å². The fraction of sp³-hybridized carbons (Fsp3) is 1.00. The molecule has 1 N–H and O–H groups in total. The van der Waals surface area contributed by atoms with E-state index in [4.69, 9.17) is 9.47 Å². The minimum atomic E-state index is -0.0587. The second kappa shape index (κ2) is 5.58. The molecule has 0 unspecified atom stereocenters. The topological polar surface area (TPSA) is 30.5 Å². The summed E-state index contributed by atoms with van der Waals surface area (Å²) in [5, 5.41) is 3.44. The highest BCUT2D eigenvalue weighted by Gasteiger charge is 2.30. The van der Waals surface area contributed by atoms with Crippen molar-refractivity contribution >= 4 is 0 Å². The van der Waals surface area contributed by atoms with Crippen LogP contribution in [0.25, 0.3) is 0 Å². The third-order valence-corrected chi connectivity index (χ3v) is 2.81. The van der Waals surface area contributed by atoms with E-state index in [1.807, 2.05) is 0 Å². The Bertz CT molecular complexity index is 133. The van der Waals surface area contributed by atoms with Crippen molar-refractivity contribution in [3.63, 3.8) is 0 Å². The molecule has 0 amide bonds. The van der Waals surface area contributed by atoms with Crippen molar-refractivity contribution in [2.24, 2.45) is 0 Å². The predicted octanol–water partition coefficient (Wildman–Crippen LogP) is 1.53. The summed E-state index contributed by atoms with van der Waals surface area (Å²) >= 11 is 0. The van der Waals surface area contributed by atoms with Gasteiger partial charge < -0.3 is 9.47 Å². The van der Waals surface area contributed by atoms with Crippen LogP contribution >= 0.6 is 0 Å². The summed E-state index contributed by atoms with van der Waals surface area (Å²) in [7, 11) is 3.52. The Morgan fingerprint density at radius 1 is 1.15 bits per heavy atom. The highest BCUT2D eigenvalue weighted by atomic mass is 16.5. The number of ether oxygens (including phenoxy) is 2. The lowest BCUT2D eigenvalue weighted by molar-refractivity contribution is -0.0687. The molecule has 3 heteroatoms. The van der Waals surface area contributed by atoms with Crippen LogP contribution in [-0.4, -0.2) is 33.1 Å². The molecule has 1 aliphatic rings. The Morgan fingerprint density at radius 3 is 2.38 bits per heavy atom. The molecule has 0 aromatic carbocycles. The highest BCUT2D eigenvalue weighted by Crippen LogP contribution is 2.28. The number of rotatable bonds is 5. The van der Waals surface area contributed by atoms with Crippen LogP contribution < -0.4 is 5.32 Å². The standard InChI is InChI=1S/C10H21NO2/c1-12-9-8-11-10(13-2)6-4-3-5-7-10/h11H,3-9H2,1-2H3. The van der Waals surface area contributed by atoms with Gasteiger partial charge in [0.15, 0.2) is 0 Å². The van der Waals surface area contributed by atoms with Crippen LogP contribution in [0, 0.1) is 0 Å². The molecule has 1 fully saturated rings. The molecular weight excluding hydrogens is 166 g/mol. The average Bonchev–Trinajstić information content (AvgIpc) is 2.20. The molecule has 0 spiro atoms. The Kier molecular flexibility index (Phi) is 4.70. The number of methoxy groups -OCH3 is 2. The molecule has 13 heavy (non-hydrogen) atoms. The summed E-state index contributed by atoms with van der Waals surface area (Å²) in [6, 6.07) is 0. The molecule has 0 radical (unpaired) electrons. The van der Waals surface area contributed by atoms with Crippen molar-refractivity contribution in [1.82, 2.24) is 5.32 Å². The molecular formula is C10H21NO2. The van der Waals surface area contributed by atoms with E-state index < -0.39 is 0 Å². The second-order valence-corrected chi connectivity index (χ2v) is 3.68. The van der Waals surface area contributed by atoms with Gasteiger partial charge in [0.05, 0.1) is 6.61 Å². The van der Waals surface area contributed by atoms with Crippen LogP contribution in [-0.2, 0) is 9.47 Å². The zero-order valence-electron chi connectivity index (χ0n) is 8.77. The lowest BCUT2D eigenvalue weighted by Gasteiger charge is -2.36. The third-order valence-electron chi connectivity index (χ3n) is 2.81. The van der Waals surface area contributed by atoms with E-state index >= 15 is 0 Å². The van der Waals surface area contributed by atoms with Gasteiger partial charge in [-0.1, -0.05) is 6.42 Å². The Morgan fingerprint density at radius 2 is 1.85 bits per heavy atom. The van der Waals surface area contributed by atoms with Gasteiger partial charge in [0, 0.05) is 20.8 Å². The van der Waals surface area contributed by atoms with Crippen molar-refractivity contribution in [2.45, 2.75) is 37.8 Å². The van der Waals surface area contributed by atoms with Crippen LogP contribution in [0.5, 0.6) is 0 Å². The first kappa shape index (κ1) is 11.0. The minimum Gasteiger partial charge on any atom is -0.383 e. The molecule has 1 aliphatic carbocycles. The molecule has 1 rings (SSSR count). The molecule has 0 aliphatic heterocycles. The van der Waals surface area contributed by atoms with Crippen LogP contribution in [0.4, 0.5) is 0 Å². The van der Waals surface area contributed by atoms with Gasteiger partial charge in [-0.2, -0.15) is 0 Å². The van der Waals surface area contributed by atoms with Gasteiger partial charge in [0.2, 0.25) is 0 Å². The molecule has 0 bridgehead atoms. The smallest absolute Gasteiger partial charge is 0.118 e. The van der Waals surface area contributed by atoms with Gasteiger partial charge in [-0.05, 0) is 25.7 Å². The van der Waals surface area contributed by atoms with Gasteiger partial charge in [0.25, 0.3) is 0 Å². The average molecular weight is 187 g/mol. The highest BCUT2D eigenvalue weighted by molar-refractivity contribution is 4.81. The molecule has 1 saturated carbocycles. The summed E-state index contributed by atoms with van der Waals surface area (Å²) in [5.74, 6) is 0. The van der Waals surface area contributed by atoms with Crippen LogP contribution in [0.15, 0.2) is 0 Å². The van der Waals surface area contributed by atoms with E-state index in [0.29, 0.717) is 0 Å². The maximum atomic E-state index is 5.56. The quantitative estimate of drug-likeness (QED) is 0.523. The molecule has 78 valence electrons. The zero-order chi connectivity index (χ0) is 9.57. The lowest BCUT2D eigenvalue weighted by Crippen LogP contribution is -2.49.